The number of nitrogens with one attached hydrogen (secondary N) is 1. The van der Waals surface area contributed by atoms with Gasteiger partial charge in [0.1, 0.15) is 5.69 Å². The van der Waals surface area contributed by atoms with Crippen LogP contribution in [-0.4, -0.2) is 47.9 Å². The van der Waals surface area contributed by atoms with Gasteiger partial charge in [-0.25, -0.2) is 0 Å². The summed E-state index contributed by atoms with van der Waals surface area (Å²) in [5.41, 5.74) is 3.60. The first-order chi connectivity index (χ1) is 13.2. The van der Waals surface area contributed by atoms with Crippen LogP contribution in [0, 0.1) is 0 Å². The minimum absolute atomic E-state index is 0.0483. The molecule has 1 aromatic heterocycles. The molecular formula is C21H25N3O3. The van der Waals surface area contributed by atoms with Crippen LogP contribution in [0.1, 0.15) is 35.8 Å². The van der Waals surface area contributed by atoms with Crippen molar-refractivity contribution in [1.29, 1.82) is 0 Å². The highest BCUT2D eigenvalue weighted by molar-refractivity contribution is 5.93. The molecular weight excluding hydrogens is 342 g/mol. The highest BCUT2D eigenvalue weighted by Gasteiger charge is 2.41. The second-order valence-corrected chi connectivity index (χ2v) is 7.01. The van der Waals surface area contributed by atoms with E-state index < -0.39 is 5.79 Å². The van der Waals surface area contributed by atoms with E-state index in [2.05, 4.69) is 29.4 Å². The van der Waals surface area contributed by atoms with Crippen LogP contribution in [0.2, 0.25) is 0 Å². The first-order valence-corrected chi connectivity index (χ1v) is 9.57. The summed E-state index contributed by atoms with van der Waals surface area (Å²) in [4.78, 5) is 19.0. The zero-order valence-electron chi connectivity index (χ0n) is 15.6. The quantitative estimate of drug-likeness (QED) is 0.898. The number of carbonyl (C=O) groups excluding carboxylic acids is 1. The summed E-state index contributed by atoms with van der Waals surface area (Å²) in [7, 11) is 0. The molecule has 4 rings (SSSR count). The highest BCUT2D eigenvalue weighted by Crippen LogP contribution is 2.31. The fourth-order valence-corrected chi connectivity index (χ4v) is 3.61. The SMILES string of the molecule is CCc1ccc(Nc2ccnc(C(=O)N3CCC4(CC3)OCCO4)c2)cc1. The summed E-state index contributed by atoms with van der Waals surface area (Å²) in [6.45, 7) is 4.66. The van der Waals surface area contributed by atoms with E-state index in [4.69, 9.17) is 9.47 Å². The molecule has 0 radical (unpaired) electrons. The van der Waals surface area contributed by atoms with Crippen molar-refractivity contribution in [2.75, 3.05) is 31.6 Å². The number of hydrogen-bond donors (Lipinski definition) is 1. The van der Waals surface area contributed by atoms with Crippen LogP contribution in [-0.2, 0) is 15.9 Å². The smallest absolute Gasteiger partial charge is 0.272 e. The van der Waals surface area contributed by atoms with Gasteiger partial charge in [0.25, 0.3) is 5.91 Å². The van der Waals surface area contributed by atoms with Gasteiger partial charge in [-0.1, -0.05) is 19.1 Å². The largest absolute Gasteiger partial charge is 0.355 e. The summed E-state index contributed by atoms with van der Waals surface area (Å²) in [6.07, 6.45) is 4.10. The number of hydrogen-bond acceptors (Lipinski definition) is 5. The lowest BCUT2D eigenvalue weighted by Gasteiger charge is -2.37. The Labute approximate surface area is 159 Å². The van der Waals surface area contributed by atoms with Gasteiger partial charge in [-0.05, 0) is 36.2 Å². The number of carbonyl (C=O) groups is 1. The lowest BCUT2D eigenvalue weighted by molar-refractivity contribution is -0.181. The minimum Gasteiger partial charge on any atom is -0.355 e. The fourth-order valence-electron chi connectivity index (χ4n) is 3.61. The lowest BCUT2D eigenvalue weighted by Crippen LogP contribution is -2.47. The number of aryl methyl sites for hydroxylation is 1. The van der Waals surface area contributed by atoms with Gasteiger partial charge in [0, 0.05) is 43.5 Å². The molecule has 3 heterocycles. The van der Waals surface area contributed by atoms with Crippen molar-refractivity contribution in [2.24, 2.45) is 0 Å². The Morgan fingerprint density at radius 1 is 1.11 bits per heavy atom. The Morgan fingerprint density at radius 2 is 1.81 bits per heavy atom. The molecule has 0 bridgehead atoms. The Kier molecular flexibility index (Phi) is 5.09. The molecule has 27 heavy (non-hydrogen) atoms. The van der Waals surface area contributed by atoms with E-state index in [0.717, 1.165) is 17.8 Å². The molecule has 2 aromatic rings. The maximum absolute atomic E-state index is 12.8. The summed E-state index contributed by atoms with van der Waals surface area (Å²) in [6, 6.07) is 12.0. The van der Waals surface area contributed by atoms with Gasteiger partial charge in [0.2, 0.25) is 0 Å². The van der Waals surface area contributed by atoms with Gasteiger partial charge in [0.05, 0.1) is 13.2 Å². The van der Waals surface area contributed by atoms with E-state index in [0.29, 0.717) is 44.8 Å². The van der Waals surface area contributed by atoms with E-state index >= 15 is 0 Å². The zero-order valence-corrected chi connectivity index (χ0v) is 15.6. The second kappa shape index (κ2) is 7.66. The standard InChI is InChI=1S/C21H25N3O3/c1-2-16-3-5-17(6-4-16)23-18-7-10-22-19(15-18)20(25)24-11-8-21(9-12-24)26-13-14-27-21/h3-7,10,15H,2,8-9,11-14H2,1H3,(H,22,23). The van der Waals surface area contributed by atoms with Crippen LogP contribution in [0.3, 0.4) is 0 Å². The van der Waals surface area contributed by atoms with Crippen molar-refractivity contribution >= 4 is 17.3 Å². The van der Waals surface area contributed by atoms with Crippen molar-refractivity contribution in [3.8, 4) is 0 Å². The van der Waals surface area contributed by atoms with Gasteiger partial charge in [-0.3, -0.25) is 9.78 Å². The molecule has 0 atom stereocenters. The molecule has 1 N–H and O–H groups in total. The van der Waals surface area contributed by atoms with Crippen molar-refractivity contribution < 1.29 is 14.3 Å². The molecule has 2 aliphatic heterocycles. The van der Waals surface area contributed by atoms with Crippen LogP contribution >= 0.6 is 0 Å². The van der Waals surface area contributed by atoms with Crippen molar-refractivity contribution in [2.45, 2.75) is 32.0 Å². The number of amides is 1. The number of piperidine rings is 1. The van der Waals surface area contributed by atoms with Gasteiger partial charge in [-0.15, -0.1) is 0 Å². The normalized spacial score (nSPS) is 18.6. The van der Waals surface area contributed by atoms with Crippen LogP contribution in [0.5, 0.6) is 0 Å². The van der Waals surface area contributed by atoms with E-state index in [1.54, 1.807) is 6.20 Å². The number of likely N-dealkylation sites (tertiary alicyclic amines) is 1. The lowest BCUT2D eigenvalue weighted by atomic mass is 10.0. The van der Waals surface area contributed by atoms with E-state index in [1.807, 2.05) is 29.2 Å². The monoisotopic (exact) mass is 367 g/mol. The third-order valence-electron chi connectivity index (χ3n) is 5.26. The highest BCUT2D eigenvalue weighted by atomic mass is 16.7. The van der Waals surface area contributed by atoms with Gasteiger partial charge in [0.15, 0.2) is 5.79 Å². The second-order valence-electron chi connectivity index (χ2n) is 7.01. The predicted molar refractivity (Wildman–Crippen MR) is 103 cm³/mol. The Hall–Kier alpha value is -2.44. The Bertz CT molecular complexity index is 791. The first kappa shape index (κ1) is 17.9. The molecule has 2 fully saturated rings. The molecule has 0 aliphatic carbocycles. The maximum atomic E-state index is 12.8. The van der Waals surface area contributed by atoms with Crippen LogP contribution in [0.15, 0.2) is 42.6 Å². The van der Waals surface area contributed by atoms with Gasteiger partial charge < -0.3 is 19.7 Å². The first-order valence-electron chi connectivity index (χ1n) is 9.57. The molecule has 6 heteroatoms. The molecule has 0 unspecified atom stereocenters. The van der Waals surface area contributed by atoms with Gasteiger partial charge >= 0.3 is 0 Å². The molecule has 2 saturated heterocycles. The molecule has 142 valence electrons. The number of pyridine rings is 1. The number of benzene rings is 1. The summed E-state index contributed by atoms with van der Waals surface area (Å²) >= 11 is 0. The van der Waals surface area contributed by atoms with Crippen LogP contribution in [0.25, 0.3) is 0 Å². The van der Waals surface area contributed by atoms with Gasteiger partial charge in [-0.2, -0.15) is 0 Å². The Morgan fingerprint density at radius 3 is 2.48 bits per heavy atom. The molecule has 6 nitrogen and oxygen atoms in total. The van der Waals surface area contributed by atoms with Crippen molar-refractivity contribution in [3.05, 3.63) is 53.9 Å². The third-order valence-corrected chi connectivity index (χ3v) is 5.26. The van der Waals surface area contributed by atoms with Crippen molar-refractivity contribution in [3.63, 3.8) is 0 Å². The molecule has 1 spiro atoms. The number of anilines is 2. The third kappa shape index (κ3) is 3.96. The predicted octanol–water partition coefficient (Wildman–Crippen LogP) is 3.37. The van der Waals surface area contributed by atoms with Crippen molar-refractivity contribution in [1.82, 2.24) is 9.88 Å². The number of nitrogens with zero attached hydrogens (tertiary/aromatic N) is 2. The fraction of sp³-hybridized carbons (Fsp3) is 0.429. The van der Waals surface area contributed by atoms with E-state index in [-0.39, 0.29) is 5.91 Å². The van der Waals surface area contributed by atoms with Crippen LogP contribution < -0.4 is 5.32 Å². The molecule has 2 aliphatic rings. The number of rotatable bonds is 4. The average Bonchev–Trinajstić information content (AvgIpc) is 3.17. The zero-order chi connectivity index (χ0) is 18.7. The summed E-state index contributed by atoms with van der Waals surface area (Å²) < 4.78 is 11.5. The number of ether oxygens (including phenoxy) is 2. The van der Waals surface area contributed by atoms with Crippen LogP contribution in [0.4, 0.5) is 11.4 Å². The van der Waals surface area contributed by atoms with E-state index in [1.165, 1.54) is 5.56 Å². The van der Waals surface area contributed by atoms with E-state index in [9.17, 15) is 4.79 Å². The molecule has 1 aromatic carbocycles. The topological polar surface area (TPSA) is 63.7 Å². The molecule has 1 amide bonds. The average molecular weight is 367 g/mol. The molecule has 0 saturated carbocycles. The summed E-state index contributed by atoms with van der Waals surface area (Å²) in [5.74, 6) is -0.522. The summed E-state index contributed by atoms with van der Waals surface area (Å²) in [5, 5.41) is 3.34. The number of aromatic nitrogens is 1. The Balaban J connectivity index is 1.41. The maximum Gasteiger partial charge on any atom is 0.272 e. The minimum atomic E-state index is -0.474.